The maximum absolute atomic E-state index is 12.1. The molecule has 0 atom stereocenters. The van der Waals surface area contributed by atoms with Crippen molar-refractivity contribution in [2.75, 3.05) is 13.1 Å². The van der Waals surface area contributed by atoms with Crippen LogP contribution < -0.4 is 5.32 Å². The van der Waals surface area contributed by atoms with E-state index in [9.17, 15) is 4.79 Å². The molecule has 5 heteroatoms. The van der Waals surface area contributed by atoms with Gasteiger partial charge in [-0.3, -0.25) is 0 Å². The molecule has 5 nitrogen and oxygen atoms in total. The van der Waals surface area contributed by atoms with Crippen LogP contribution in [0, 0.1) is 0 Å². The lowest BCUT2D eigenvalue weighted by Crippen LogP contribution is -2.45. The molecule has 1 aromatic carbocycles. The number of hydrogen-bond acceptors (Lipinski definition) is 3. The van der Waals surface area contributed by atoms with E-state index in [1.165, 1.54) is 5.56 Å². The van der Waals surface area contributed by atoms with E-state index in [1.54, 1.807) is 6.26 Å². The Balaban J connectivity index is 1.37. The summed E-state index contributed by atoms with van der Waals surface area (Å²) in [7, 11) is 0. The molecule has 2 aromatic rings. The van der Waals surface area contributed by atoms with Crippen LogP contribution in [0.15, 0.2) is 53.1 Å². The first-order valence-electron chi connectivity index (χ1n) is 8.02. The number of benzene rings is 1. The topological polar surface area (TPSA) is 54.7 Å². The highest BCUT2D eigenvalue weighted by atomic mass is 16.5. The minimum absolute atomic E-state index is 0.0390. The van der Waals surface area contributed by atoms with Gasteiger partial charge in [0.2, 0.25) is 0 Å². The number of nitrogens with one attached hydrogen (secondary N) is 1. The largest absolute Gasteiger partial charge is 0.467 e. The van der Waals surface area contributed by atoms with Gasteiger partial charge in [-0.1, -0.05) is 30.3 Å². The number of amides is 2. The summed E-state index contributed by atoms with van der Waals surface area (Å²) in [5, 5.41) is 2.88. The Morgan fingerprint density at radius 2 is 1.96 bits per heavy atom. The average Bonchev–Trinajstić information content (AvgIpc) is 3.13. The van der Waals surface area contributed by atoms with Gasteiger partial charge in [0.15, 0.2) is 0 Å². The molecule has 1 aliphatic rings. The molecule has 2 amide bonds. The number of ether oxygens (including phenoxy) is 1. The van der Waals surface area contributed by atoms with Gasteiger partial charge in [0, 0.05) is 13.1 Å². The summed E-state index contributed by atoms with van der Waals surface area (Å²) in [6.45, 7) is 2.51. The van der Waals surface area contributed by atoms with Crippen molar-refractivity contribution < 1.29 is 13.9 Å². The summed E-state index contributed by atoms with van der Waals surface area (Å²) < 4.78 is 11.2. The van der Waals surface area contributed by atoms with Crippen LogP contribution in [0.1, 0.15) is 24.2 Å². The van der Waals surface area contributed by atoms with Gasteiger partial charge < -0.3 is 19.4 Å². The highest BCUT2D eigenvalue weighted by Crippen LogP contribution is 2.16. The van der Waals surface area contributed by atoms with E-state index in [0.29, 0.717) is 13.2 Å². The molecule has 0 unspecified atom stereocenters. The fraction of sp³-hybridized carbons (Fsp3) is 0.389. The summed E-state index contributed by atoms with van der Waals surface area (Å²) in [6.07, 6.45) is 3.59. The Kier molecular flexibility index (Phi) is 5.32. The quantitative estimate of drug-likeness (QED) is 0.922. The molecule has 1 aromatic heterocycles. The van der Waals surface area contributed by atoms with Crippen molar-refractivity contribution in [1.29, 1.82) is 0 Å². The molecule has 2 heterocycles. The molecular formula is C18H22N2O3. The van der Waals surface area contributed by atoms with E-state index in [4.69, 9.17) is 9.15 Å². The lowest BCUT2D eigenvalue weighted by atomic mass is 10.1. The van der Waals surface area contributed by atoms with Crippen molar-refractivity contribution >= 4 is 6.03 Å². The second kappa shape index (κ2) is 7.83. The monoisotopic (exact) mass is 314 g/mol. The third kappa shape index (κ3) is 4.60. The molecule has 0 radical (unpaired) electrons. The normalized spacial score (nSPS) is 15.6. The van der Waals surface area contributed by atoms with Gasteiger partial charge in [-0.05, 0) is 30.5 Å². The molecule has 0 bridgehead atoms. The van der Waals surface area contributed by atoms with Crippen molar-refractivity contribution in [3.63, 3.8) is 0 Å². The molecule has 23 heavy (non-hydrogen) atoms. The summed E-state index contributed by atoms with van der Waals surface area (Å²) in [5.74, 6) is 0.763. The predicted octanol–water partition coefficient (Wildman–Crippen LogP) is 3.17. The van der Waals surface area contributed by atoms with Crippen LogP contribution in [0.2, 0.25) is 0 Å². The number of nitrogens with zero attached hydrogens (tertiary/aromatic N) is 1. The summed E-state index contributed by atoms with van der Waals surface area (Å²) in [6, 6.07) is 13.8. The highest BCUT2D eigenvalue weighted by Gasteiger charge is 2.23. The average molecular weight is 314 g/mol. The van der Waals surface area contributed by atoms with Gasteiger partial charge >= 0.3 is 6.03 Å². The van der Waals surface area contributed by atoms with Gasteiger partial charge in [0.05, 0.1) is 25.5 Å². The maximum atomic E-state index is 12.1. The molecule has 1 fully saturated rings. The van der Waals surface area contributed by atoms with E-state index in [0.717, 1.165) is 31.7 Å². The number of carbonyl (C=O) groups is 1. The summed E-state index contributed by atoms with van der Waals surface area (Å²) in [4.78, 5) is 14.0. The van der Waals surface area contributed by atoms with Crippen molar-refractivity contribution in [2.24, 2.45) is 0 Å². The molecule has 122 valence electrons. The number of hydrogen-bond donors (Lipinski definition) is 1. The van der Waals surface area contributed by atoms with Gasteiger partial charge in [-0.15, -0.1) is 0 Å². The first kappa shape index (κ1) is 15.6. The smallest absolute Gasteiger partial charge is 0.317 e. The molecule has 1 N–H and O–H groups in total. The molecule has 1 saturated heterocycles. The van der Waals surface area contributed by atoms with Crippen molar-refractivity contribution in [3.8, 4) is 0 Å². The van der Waals surface area contributed by atoms with Crippen LogP contribution >= 0.6 is 0 Å². The molecule has 0 aliphatic carbocycles. The first-order chi connectivity index (χ1) is 11.3. The van der Waals surface area contributed by atoms with Crippen LogP contribution in [0.4, 0.5) is 4.79 Å². The van der Waals surface area contributed by atoms with E-state index in [1.807, 2.05) is 35.2 Å². The predicted molar refractivity (Wildman–Crippen MR) is 86.8 cm³/mol. The van der Waals surface area contributed by atoms with Crippen LogP contribution in [0.25, 0.3) is 0 Å². The van der Waals surface area contributed by atoms with Gasteiger partial charge in [-0.2, -0.15) is 0 Å². The van der Waals surface area contributed by atoms with Crippen LogP contribution in [-0.2, 0) is 17.9 Å². The zero-order valence-corrected chi connectivity index (χ0v) is 13.1. The molecular weight excluding hydrogens is 292 g/mol. The van der Waals surface area contributed by atoms with Gasteiger partial charge in [0.1, 0.15) is 5.76 Å². The second-order valence-electron chi connectivity index (χ2n) is 5.72. The van der Waals surface area contributed by atoms with Gasteiger partial charge in [0.25, 0.3) is 0 Å². The standard InChI is InChI=1S/C18H22N2O3/c21-18(19-13-17-7-4-12-22-17)20-10-8-16(9-11-20)23-14-15-5-2-1-3-6-15/h1-7,12,16H,8-11,13-14H2,(H,19,21). The van der Waals surface area contributed by atoms with Gasteiger partial charge in [-0.25, -0.2) is 4.79 Å². The van der Waals surface area contributed by atoms with Crippen molar-refractivity contribution in [3.05, 3.63) is 60.1 Å². The van der Waals surface area contributed by atoms with Crippen LogP contribution in [0.5, 0.6) is 0 Å². The number of likely N-dealkylation sites (tertiary alicyclic amines) is 1. The molecule has 0 saturated carbocycles. The summed E-state index contributed by atoms with van der Waals surface area (Å²) >= 11 is 0. The third-order valence-corrected chi connectivity index (χ3v) is 4.05. The van der Waals surface area contributed by atoms with E-state index in [-0.39, 0.29) is 12.1 Å². The zero-order chi connectivity index (χ0) is 15.9. The SMILES string of the molecule is O=C(NCc1ccco1)N1CCC(OCc2ccccc2)CC1. The fourth-order valence-electron chi connectivity index (χ4n) is 2.70. The number of rotatable bonds is 5. The number of carbonyl (C=O) groups excluding carboxylic acids is 1. The van der Waals surface area contributed by atoms with Crippen molar-refractivity contribution in [2.45, 2.75) is 32.1 Å². The maximum Gasteiger partial charge on any atom is 0.317 e. The Morgan fingerprint density at radius 3 is 2.65 bits per heavy atom. The van der Waals surface area contributed by atoms with E-state index < -0.39 is 0 Å². The minimum Gasteiger partial charge on any atom is -0.467 e. The number of furan rings is 1. The Morgan fingerprint density at radius 1 is 1.17 bits per heavy atom. The lowest BCUT2D eigenvalue weighted by molar-refractivity contribution is 0.00441. The van der Waals surface area contributed by atoms with Crippen molar-refractivity contribution in [1.82, 2.24) is 10.2 Å². The Bertz CT molecular complexity index is 590. The minimum atomic E-state index is -0.0390. The van der Waals surface area contributed by atoms with Crippen LogP contribution in [0.3, 0.4) is 0 Å². The van der Waals surface area contributed by atoms with E-state index >= 15 is 0 Å². The number of piperidine rings is 1. The Labute approximate surface area is 136 Å². The number of urea groups is 1. The Hall–Kier alpha value is -2.27. The molecule has 0 spiro atoms. The van der Waals surface area contributed by atoms with Crippen LogP contribution in [-0.4, -0.2) is 30.1 Å². The second-order valence-corrected chi connectivity index (χ2v) is 5.72. The molecule has 3 rings (SSSR count). The zero-order valence-electron chi connectivity index (χ0n) is 13.1. The fourth-order valence-corrected chi connectivity index (χ4v) is 2.70. The molecule has 1 aliphatic heterocycles. The summed E-state index contributed by atoms with van der Waals surface area (Å²) in [5.41, 5.74) is 1.19. The highest BCUT2D eigenvalue weighted by molar-refractivity contribution is 5.74. The first-order valence-corrected chi connectivity index (χ1v) is 8.02. The third-order valence-electron chi connectivity index (χ3n) is 4.05. The lowest BCUT2D eigenvalue weighted by Gasteiger charge is -2.31. The van der Waals surface area contributed by atoms with E-state index in [2.05, 4.69) is 17.4 Å².